The third-order valence-electron chi connectivity index (χ3n) is 6.00. The second-order valence-electron chi connectivity index (χ2n) is 8.53. The molecular weight excluding hydrogens is 425 g/mol. The number of hydrogen-bond donors (Lipinski definition) is 1. The van der Waals surface area contributed by atoms with Gasteiger partial charge in [0.15, 0.2) is 0 Å². The molecule has 172 valence electrons. The van der Waals surface area contributed by atoms with Crippen molar-refractivity contribution in [3.63, 3.8) is 0 Å². The monoisotopic (exact) mass is 455 g/mol. The first-order chi connectivity index (χ1) is 14.7. The summed E-state index contributed by atoms with van der Waals surface area (Å²) in [7, 11) is 1.49. The normalized spacial score (nSPS) is 24.0. The van der Waals surface area contributed by atoms with Crippen LogP contribution >= 0.6 is 11.6 Å². The molecule has 2 saturated heterocycles. The number of carbonyl (C=O) groups excluding carboxylic acids is 2. The van der Waals surface area contributed by atoms with Crippen LogP contribution in [0.1, 0.15) is 37.0 Å². The molecule has 9 heteroatoms. The van der Waals surface area contributed by atoms with Crippen LogP contribution in [-0.4, -0.2) is 85.9 Å². The van der Waals surface area contributed by atoms with Gasteiger partial charge in [0.25, 0.3) is 5.91 Å². The number of methoxy groups -OCH3 is 1. The predicted molar refractivity (Wildman–Crippen MR) is 116 cm³/mol. The second-order valence-corrected chi connectivity index (χ2v) is 8.96. The molecule has 0 aliphatic carbocycles. The Morgan fingerprint density at radius 3 is 2.48 bits per heavy atom. The number of ether oxygens (including phenoxy) is 2. The van der Waals surface area contributed by atoms with Crippen LogP contribution < -0.4 is 10.1 Å². The molecule has 0 bridgehead atoms. The molecule has 2 amide bonds. The molecule has 2 atom stereocenters. The molecule has 1 N–H and O–H groups in total. The number of likely N-dealkylation sites (tertiary alicyclic amines) is 1. The van der Waals surface area contributed by atoms with Gasteiger partial charge in [-0.05, 0) is 44.9 Å². The smallest absolute Gasteiger partial charge is 0.251 e. The van der Waals surface area contributed by atoms with Crippen molar-refractivity contribution in [2.24, 2.45) is 0 Å². The summed E-state index contributed by atoms with van der Waals surface area (Å²) in [4.78, 5) is 29.1. The van der Waals surface area contributed by atoms with Crippen molar-refractivity contribution >= 4 is 23.4 Å². The first kappa shape index (κ1) is 23.8. The highest BCUT2D eigenvalue weighted by atomic mass is 35.5. The van der Waals surface area contributed by atoms with Gasteiger partial charge in [0.1, 0.15) is 11.4 Å². The molecule has 1 aromatic rings. The van der Waals surface area contributed by atoms with Crippen molar-refractivity contribution < 1.29 is 23.5 Å². The summed E-state index contributed by atoms with van der Waals surface area (Å²) in [6.45, 7) is 6.18. The minimum absolute atomic E-state index is 0.0432. The number of benzene rings is 1. The molecule has 0 spiro atoms. The summed E-state index contributed by atoms with van der Waals surface area (Å²) < 4.78 is 25.9. The summed E-state index contributed by atoms with van der Waals surface area (Å²) in [5.74, 6) is 0.123. The van der Waals surface area contributed by atoms with Gasteiger partial charge >= 0.3 is 0 Å². The van der Waals surface area contributed by atoms with Gasteiger partial charge in [-0.25, -0.2) is 4.39 Å². The van der Waals surface area contributed by atoms with Crippen molar-refractivity contribution in [3.05, 3.63) is 28.8 Å². The van der Waals surface area contributed by atoms with Crippen LogP contribution in [0.5, 0.6) is 5.75 Å². The maximum absolute atomic E-state index is 15.3. The second kappa shape index (κ2) is 10.1. The van der Waals surface area contributed by atoms with E-state index in [1.807, 2.05) is 23.6 Å². The lowest BCUT2D eigenvalue weighted by molar-refractivity contribution is -0.146. The molecule has 2 heterocycles. The van der Waals surface area contributed by atoms with Crippen LogP contribution in [0.25, 0.3) is 0 Å². The summed E-state index contributed by atoms with van der Waals surface area (Å²) in [5, 5.41) is 3.05. The Kier molecular flexibility index (Phi) is 7.78. The van der Waals surface area contributed by atoms with Crippen molar-refractivity contribution in [1.29, 1.82) is 0 Å². The zero-order chi connectivity index (χ0) is 22.6. The van der Waals surface area contributed by atoms with E-state index < -0.39 is 11.6 Å². The zero-order valence-corrected chi connectivity index (χ0v) is 19.1. The average molecular weight is 456 g/mol. The Morgan fingerprint density at radius 2 is 1.87 bits per heavy atom. The molecule has 2 fully saturated rings. The SMILES string of the molecule is COc1cc(Cl)cc(C(=O)NCC2(F)CCN(CC(=O)N3C(C)COCC3C)CC2)c1. The van der Waals surface area contributed by atoms with Gasteiger partial charge in [0.05, 0.1) is 45.5 Å². The number of carbonyl (C=O) groups is 2. The van der Waals surface area contributed by atoms with E-state index >= 15 is 4.39 Å². The van der Waals surface area contributed by atoms with Crippen molar-refractivity contribution in [2.75, 3.05) is 46.5 Å². The lowest BCUT2D eigenvalue weighted by atomic mass is 9.93. The van der Waals surface area contributed by atoms with Gasteiger partial charge in [-0.15, -0.1) is 0 Å². The molecule has 31 heavy (non-hydrogen) atoms. The molecule has 1 aromatic carbocycles. The lowest BCUT2D eigenvalue weighted by Gasteiger charge is -2.41. The van der Waals surface area contributed by atoms with Crippen LogP contribution in [0, 0.1) is 0 Å². The zero-order valence-electron chi connectivity index (χ0n) is 18.3. The number of hydrogen-bond acceptors (Lipinski definition) is 5. The molecular formula is C22H31ClFN3O4. The Morgan fingerprint density at radius 1 is 1.23 bits per heavy atom. The first-order valence-electron chi connectivity index (χ1n) is 10.6. The van der Waals surface area contributed by atoms with Crippen LogP contribution in [-0.2, 0) is 9.53 Å². The van der Waals surface area contributed by atoms with Crippen molar-refractivity contribution in [3.8, 4) is 5.75 Å². The third-order valence-corrected chi connectivity index (χ3v) is 6.22. The topological polar surface area (TPSA) is 71.1 Å². The van der Waals surface area contributed by atoms with Gasteiger partial charge in [-0.2, -0.15) is 0 Å². The molecule has 0 aromatic heterocycles. The largest absolute Gasteiger partial charge is 0.497 e. The van der Waals surface area contributed by atoms with E-state index in [9.17, 15) is 9.59 Å². The Hall–Kier alpha value is -1.90. The highest BCUT2D eigenvalue weighted by Gasteiger charge is 2.37. The first-order valence-corrected chi connectivity index (χ1v) is 11.0. The molecule has 0 saturated carbocycles. The summed E-state index contributed by atoms with van der Waals surface area (Å²) in [6, 6.07) is 4.77. The van der Waals surface area contributed by atoms with E-state index in [0.29, 0.717) is 42.6 Å². The van der Waals surface area contributed by atoms with E-state index in [1.54, 1.807) is 12.1 Å². The standard InChI is InChI=1S/C22H31ClFN3O4/c1-15-12-31-13-16(2)27(15)20(28)11-26-6-4-22(24,5-7-26)14-25-21(29)17-8-18(23)10-19(9-17)30-3/h8-10,15-16H,4-7,11-14H2,1-3H3,(H,25,29). The quantitative estimate of drug-likeness (QED) is 0.713. The van der Waals surface area contributed by atoms with Gasteiger partial charge in [0.2, 0.25) is 5.91 Å². The molecule has 2 aliphatic heterocycles. The lowest BCUT2D eigenvalue weighted by Crippen LogP contribution is -2.56. The third kappa shape index (κ3) is 6.08. The average Bonchev–Trinajstić information content (AvgIpc) is 2.73. The maximum atomic E-state index is 15.3. The number of piperidine rings is 1. The maximum Gasteiger partial charge on any atom is 0.251 e. The van der Waals surface area contributed by atoms with Gasteiger partial charge < -0.3 is 19.7 Å². The van der Waals surface area contributed by atoms with Crippen LogP contribution in [0.15, 0.2) is 18.2 Å². The van der Waals surface area contributed by atoms with E-state index in [4.69, 9.17) is 21.1 Å². The highest BCUT2D eigenvalue weighted by Crippen LogP contribution is 2.27. The number of halogens is 2. The summed E-state index contributed by atoms with van der Waals surface area (Å²) >= 11 is 6.00. The number of nitrogens with one attached hydrogen (secondary N) is 1. The van der Waals surface area contributed by atoms with Gasteiger partial charge in [-0.3, -0.25) is 14.5 Å². The van der Waals surface area contributed by atoms with E-state index in [1.165, 1.54) is 13.2 Å². The number of nitrogens with zero attached hydrogens (tertiary/aromatic N) is 2. The van der Waals surface area contributed by atoms with Crippen molar-refractivity contribution in [2.45, 2.75) is 44.4 Å². The summed E-state index contributed by atoms with van der Waals surface area (Å²) in [6.07, 6.45) is 0.515. The predicted octanol–water partition coefficient (Wildman–Crippen LogP) is 2.52. The fraction of sp³-hybridized carbons (Fsp3) is 0.636. The van der Waals surface area contributed by atoms with Gasteiger partial charge in [0, 0.05) is 23.7 Å². The molecule has 0 radical (unpaired) electrons. The molecule has 7 nitrogen and oxygen atoms in total. The number of morpholine rings is 1. The number of amides is 2. The summed E-state index contributed by atoms with van der Waals surface area (Å²) in [5.41, 5.74) is -1.18. The van der Waals surface area contributed by atoms with E-state index in [-0.39, 0.29) is 43.9 Å². The Labute approximate surface area is 187 Å². The molecule has 2 aliphatic rings. The van der Waals surface area contributed by atoms with E-state index in [0.717, 1.165) is 0 Å². The number of rotatable bonds is 6. The fourth-order valence-corrected chi connectivity index (χ4v) is 4.43. The Bertz CT molecular complexity index is 791. The van der Waals surface area contributed by atoms with Gasteiger partial charge in [-0.1, -0.05) is 11.6 Å². The van der Waals surface area contributed by atoms with Crippen LogP contribution in [0.2, 0.25) is 5.02 Å². The van der Waals surface area contributed by atoms with Crippen molar-refractivity contribution in [1.82, 2.24) is 15.1 Å². The van der Waals surface area contributed by atoms with Crippen LogP contribution in [0.4, 0.5) is 4.39 Å². The van der Waals surface area contributed by atoms with Crippen LogP contribution in [0.3, 0.4) is 0 Å². The number of alkyl halides is 1. The molecule has 2 unspecified atom stereocenters. The highest BCUT2D eigenvalue weighted by molar-refractivity contribution is 6.31. The fourth-order valence-electron chi connectivity index (χ4n) is 4.21. The Balaban J connectivity index is 1.48. The van der Waals surface area contributed by atoms with E-state index in [2.05, 4.69) is 5.32 Å². The minimum Gasteiger partial charge on any atom is -0.497 e. The molecule has 3 rings (SSSR count). The minimum atomic E-state index is -1.50.